The number of hydrogen-bond donors (Lipinski definition) is 0. The van der Waals surface area contributed by atoms with Gasteiger partial charge in [-0.1, -0.05) is 41.9 Å². The van der Waals surface area contributed by atoms with Crippen LogP contribution in [0.4, 0.5) is 0 Å². The van der Waals surface area contributed by atoms with E-state index in [0.29, 0.717) is 19.7 Å². The Kier molecular flexibility index (Phi) is 5.66. The summed E-state index contributed by atoms with van der Waals surface area (Å²) in [4.78, 5) is 14.2. The van der Waals surface area contributed by atoms with Crippen molar-refractivity contribution in [3.8, 4) is 0 Å². The SMILES string of the molecule is COCCN(Cc1ccccc1)C(=O)c1ccc(Cl)nn1. The third-order valence-corrected chi connectivity index (χ3v) is 3.12. The minimum absolute atomic E-state index is 0.194. The van der Waals surface area contributed by atoms with Crippen molar-refractivity contribution in [3.05, 3.63) is 58.9 Å². The van der Waals surface area contributed by atoms with Crippen molar-refractivity contribution in [1.82, 2.24) is 15.1 Å². The van der Waals surface area contributed by atoms with Gasteiger partial charge in [0.25, 0.3) is 5.91 Å². The number of hydrogen-bond acceptors (Lipinski definition) is 4. The second-order valence-corrected chi connectivity index (χ2v) is 4.83. The molecule has 0 saturated carbocycles. The molecule has 0 fully saturated rings. The van der Waals surface area contributed by atoms with E-state index < -0.39 is 0 Å². The second-order valence-electron chi connectivity index (χ2n) is 4.45. The highest BCUT2D eigenvalue weighted by Gasteiger charge is 2.17. The van der Waals surface area contributed by atoms with Crippen molar-refractivity contribution in [3.63, 3.8) is 0 Å². The Balaban J connectivity index is 2.14. The number of nitrogens with zero attached hydrogens (tertiary/aromatic N) is 3. The van der Waals surface area contributed by atoms with E-state index >= 15 is 0 Å². The van der Waals surface area contributed by atoms with Gasteiger partial charge in [-0.05, 0) is 17.7 Å². The van der Waals surface area contributed by atoms with Gasteiger partial charge < -0.3 is 9.64 Å². The van der Waals surface area contributed by atoms with Crippen LogP contribution in [0, 0.1) is 0 Å². The molecule has 21 heavy (non-hydrogen) atoms. The summed E-state index contributed by atoms with van der Waals surface area (Å²) in [6.45, 7) is 1.43. The van der Waals surface area contributed by atoms with Crippen LogP contribution in [0.1, 0.15) is 16.1 Å². The summed E-state index contributed by atoms with van der Waals surface area (Å²) in [5.74, 6) is -0.194. The third-order valence-electron chi connectivity index (χ3n) is 2.92. The molecule has 2 aromatic rings. The van der Waals surface area contributed by atoms with Crippen LogP contribution in [0.15, 0.2) is 42.5 Å². The summed E-state index contributed by atoms with van der Waals surface area (Å²) in [6.07, 6.45) is 0. The van der Waals surface area contributed by atoms with Crippen LogP contribution in [0.2, 0.25) is 5.15 Å². The molecule has 110 valence electrons. The van der Waals surface area contributed by atoms with Gasteiger partial charge in [0.2, 0.25) is 0 Å². The molecule has 0 atom stereocenters. The topological polar surface area (TPSA) is 55.3 Å². The van der Waals surface area contributed by atoms with Crippen LogP contribution >= 0.6 is 11.6 Å². The van der Waals surface area contributed by atoms with Gasteiger partial charge in [-0.15, -0.1) is 10.2 Å². The summed E-state index contributed by atoms with van der Waals surface area (Å²) in [7, 11) is 1.60. The number of benzene rings is 1. The van der Waals surface area contributed by atoms with Crippen molar-refractivity contribution in [2.24, 2.45) is 0 Å². The van der Waals surface area contributed by atoms with Gasteiger partial charge in [0.15, 0.2) is 10.8 Å². The van der Waals surface area contributed by atoms with Gasteiger partial charge in [-0.3, -0.25) is 4.79 Å². The Morgan fingerprint density at radius 2 is 1.95 bits per heavy atom. The monoisotopic (exact) mass is 305 g/mol. The Labute approximate surface area is 128 Å². The quantitative estimate of drug-likeness (QED) is 0.822. The molecule has 0 radical (unpaired) electrons. The van der Waals surface area contributed by atoms with E-state index in [1.165, 1.54) is 0 Å². The van der Waals surface area contributed by atoms with Gasteiger partial charge in [-0.25, -0.2) is 0 Å². The molecular formula is C15H16ClN3O2. The summed E-state index contributed by atoms with van der Waals surface area (Å²) in [5, 5.41) is 7.80. The second kappa shape index (κ2) is 7.71. The Morgan fingerprint density at radius 3 is 2.57 bits per heavy atom. The first kappa shape index (κ1) is 15.4. The van der Waals surface area contributed by atoms with Crippen molar-refractivity contribution >= 4 is 17.5 Å². The Bertz CT molecular complexity index is 575. The van der Waals surface area contributed by atoms with Crippen LogP contribution in [0.5, 0.6) is 0 Å². The molecule has 0 spiro atoms. The average Bonchev–Trinajstić information content (AvgIpc) is 2.52. The fourth-order valence-corrected chi connectivity index (χ4v) is 1.95. The van der Waals surface area contributed by atoms with Crippen molar-refractivity contribution < 1.29 is 9.53 Å². The maximum Gasteiger partial charge on any atom is 0.274 e. The van der Waals surface area contributed by atoms with Gasteiger partial charge in [-0.2, -0.15) is 0 Å². The maximum atomic E-state index is 12.5. The van der Waals surface area contributed by atoms with E-state index in [9.17, 15) is 4.79 Å². The molecule has 0 aliphatic heterocycles. The Hall–Kier alpha value is -1.98. The molecule has 0 unspecified atom stereocenters. The normalized spacial score (nSPS) is 10.4. The van der Waals surface area contributed by atoms with E-state index in [4.69, 9.17) is 16.3 Å². The standard InChI is InChI=1S/C15H16ClN3O2/c1-21-10-9-19(11-12-5-3-2-4-6-12)15(20)13-7-8-14(16)18-17-13/h2-8H,9-11H2,1H3. The van der Waals surface area contributed by atoms with Crippen LogP contribution in [-0.4, -0.2) is 41.3 Å². The lowest BCUT2D eigenvalue weighted by atomic mass is 10.2. The lowest BCUT2D eigenvalue weighted by Gasteiger charge is -2.22. The number of methoxy groups -OCH3 is 1. The lowest BCUT2D eigenvalue weighted by molar-refractivity contribution is 0.0673. The minimum atomic E-state index is -0.194. The molecule has 0 aliphatic carbocycles. The zero-order valence-electron chi connectivity index (χ0n) is 11.7. The number of rotatable bonds is 6. The first-order chi connectivity index (χ1) is 10.2. The number of amides is 1. The molecule has 0 bridgehead atoms. The highest BCUT2D eigenvalue weighted by Crippen LogP contribution is 2.09. The number of halogens is 1. The fraction of sp³-hybridized carbons (Fsp3) is 0.267. The highest BCUT2D eigenvalue weighted by molar-refractivity contribution is 6.29. The summed E-state index contributed by atoms with van der Waals surface area (Å²) >= 11 is 5.69. The van der Waals surface area contributed by atoms with Crippen molar-refractivity contribution in [2.45, 2.75) is 6.54 Å². The zero-order valence-corrected chi connectivity index (χ0v) is 12.5. The fourth-order valence-electron chi connectivity index (χ4n) is 1.85. The van der Waals surface area contributed by atoms with Crippen LogP contribution in [0.3, 0.4) is 0 Å². The summed E-state index contributed by atoms with van der Waals surface area (Å²) < 4.78 is 5.06. The lowest BCUT2D eigenvalue weighted by Crippen LogP contribution is -2.34. The molecule has 1 heterocycles. The smallest absolute Gasteiger partial charge is 0.274 e. The molecule has 6 heteroatoms. The number of aromatic nitrogens is 2. The van der Waals surface area contributed by atoms with E-state index in [1.54, 1.807) is 24.1 Å². The van der Waals surface area contributed by atoms with E-state index in [0.717, 1.165) is 5.56 Å². The predicted octanol–water partition coefficient (Wildman–Crippen LogP) is 2.42. The first-order valence-corrected chi connectivity index (χ1v) is 6.90. The van der Waals surface area contributed by atoms with E-state index in [2.05, 4.69) is 10.2 Å². The van der Waals surface area contributed by atoms with E-state index in [-0.39, 0.29) is 16.8 Å². The summed E-state index contributed by atoms with van der Waals surface area (Å²) in [5.41, 5.74) is 1.32. The summed E-state index contributed by atoms with van der Waals surface area (Å²) in [6, 6.07) is 12.9. The van der Waals surface area contributed by atoms with Crippen LogP contribution in [0.25, 0.3) is 0 Å². The molecule has 0 saturated heterocycles. The number of carbonyl (C=O) groups is 1. The molecule has 1 aromatic heterocycles. The molecule has 0 N–H and O–H groups in total. The van der Waals surface area contributed by atoms with Crippen molar-refractivity contribution in [2.75, 3.05) is 20.3 Å². The predicted molar refractivity (Wildman–Crippen MR) is 80.1 cm³/mol. The minimum Gasteiger partial charge on any atom is -0.383 e. The van der Waals surface area contributed by atoms with Gasteiger partial charge in [0.1, 0.15) is 0 Å². The maximum absolute atomic E-state index is 12.5. The third kappa shape index (κ3) is 4.51. The van der Waals surface area contributed by atoms with Gasteiger partial charge in [0.05, 0.1) is 6.61 Å². The molecule has 0 aliphatic rings. The number of carbonyl (C=O) groups excluding carboxylic acids is 1. The van der Waals surface area contributed by atoms with Crippen LogP contribution < -0.4 is 0 Å². The molecule has 1 amide bonds. The highest BCUT2D eigenvalue weighted by atomic mass is 35.5. The molecule has 2 rings (SSSR count). The average molecular weight is 306 g/mol. The van der Waals surface area contributed by atoms with E-state index in [1.807, 2.05) is 30.3 Å². The molecule has 1 aromatic carbocycles. The van der Waals surface area contributed by atoms with Gasteiger partial charge in [0, 0.05) is 20.2 Å². The first-order valence-electron chi connectivity index (χ1n) is 6.52. The molecule has 5 nitrogen and oxygen atoms in total. The van der Waals surface area contributed by atoms with Crippen LogP contribution in [-0.2, 0) is 11.3 Å². The number of ether oxygens (including phenoxy) is 1. The zero-order chi connectivity index (χ0) is 15.1. The largest absolute Gasteiger partial charge is 0.383 e. The molecular weight excluding hydrogens is 290 g/mol. The van der Waals surface area contributed by atoms with Crippen molar-refractivity contribution in [1.29, 1.82) is 0 Å². The van der Waals surface area contributed by atoms with Gasteiger partial charge >= 0.3 is 0 Å². The Morgan fingerprint density at radius 1 is 1.19 bits per heavy atom.